The summed E-state index contributed by atoms with van der Waals surface area (Å²) in [5, 5.41) is 3.07. The number of aliphatic imine (C=N–C) groups is 1. The molecule has 0 saturated carbocycles. The molecule has 0 aliphatic rings. The fourth-order valence-electron chi connectivity index (χ4n) is 2.22. The summed E-state index contributed by atoms with van der Waals surface area (Å²) in [5.41, 5.74) is 0.991. The van der Waals surface area contributed by atoms with Gasteiger partial charge in [-0.1, -0.05) is 37.9 Å². The Kier molecular flexibility index (Phi) is 8.39. The molecule has 1 N–H and O–H groups in total. The number of amidine groups is 1. The van der Waals surface area contributed by atoms with Gasteiger partial charge in [-0.05, 0) is 24.6 Å². The number of hydrogen-bond acceptors (Lipinski definition) is 4. The van der Waals surface area contributed by atoms with Gasteiger partial charge in [-0.2, -0.15) is 0 Å². The minimum atomic E-state index is -0.931. The normalized spacial score (nSPS) is 12.4. The smallest absolute Gasteiger partial charge is 0.335 e. The molecular weight excluding hydrogens is 519 g/mol. The zero-order chi connectivity index (χ0) is 21.6. The molecule has 29 heavy (non-hydrogen) atoms. The van der Waals surface area contributed by atoms with Crippen molar-refractivity contribution in [3.05, 3.63) is 74.9 Å². The van der Waals surface area contributed by atoms with Crippen molar-refractivity contribution < 1.29 is 22.7 Å². The van der Waals surface area contributed by atoms with Crippen molar-refractivity contribution in [2.24, 2.45) is 4.99 Å². The molecule has 0 bridgehead atoms. The quantitative estimate of drug-likeness (QED) is 0.193. The van der Waals surface area contributed by atoms with E-state index in [9.17, 15) is 18.0 Å². The lowest BCUT2D eigenvalue weighted by molar-refractivity contribution is -0.136. The van der Waals surface area contributed by atoms with Crippen LogP contribution in [-0.4, -0.2) is 29.2 Å². The van der Waals surface area contributed by atoms with Crippen molar-refractivity contribution in [3.63, 3.8) is 0 Å². The van der Waals surface area contributed by atoms with Gasteiger partial charge in [0.15, 0.2) is 11.7 Å². The van der Waals surface area contributed by atoms with Gasteiger partial charge in [-0.15, -0.1) is 0 Å². The Morgan fingerprint density at radius 2 is 1.97 bits per heavy atom. The standard InChI is InChI=1S/C19H16Br2F3N3O2/c1-10(19(28)29-2)16(7-20)27-18(17-15(24)6-13(23)9-25-17)26-8-11-3-4-12(22)5-14(11)21/h3-6,9H,7-8H2,1-2H3,(H,26,27)/b16-10+. The van der Waals surface area contributed by atoms with E-state index < -0.39 is 23.4 Å². The summed E-state index contributed by atoms with van der Waals surface area (Å²) >= 11 is 6.50. The second-order valence-electron chi connectivity index (χ2n) is 5.74. The third kappa shape index (κ3) is 6.14. The molecule has 2 aromatic rings. The van der Waals surface area contributed by atoms with Gasteiger partial charge in [0.05, 0.1) is 25.4 Å². The van der Waals surface area contributed by atoms with Crippen LogP contribution < -0.4 is 5.32 Å². The summed E-state index contributed by atoms with van der Waals surface area (Å²) in [4.78, 5) is 19.9. The molecule has 2 rings (SSSR count). The maximum atomic E-state index is 14.3. The lowest BCUT2D eigenvalue weighted by Gasteiger charge is -2.15. The average molecular weight is 535 g/mol. The molecule has 0 radical (unpaired) electrons. The number of ether oxygens (including phenoxy) is 1. The van der Waals surface area contributed by atoms with Crippen LogP contribution in [0.25, 0.3) is 0 Å². The van der Waals surface area contributed by atoms with Gasteiger partial charge in [0.2, 0.25) is 0 Å². The van der Waals surface area contributed by atoms with Gasteiger partial charge < -0.3 is 10.1 Å². The third-order valence-corrected chi connectivity index (χ3v) is 5.10. The number of pyridine rings is 1. The summed E-state index contributed by atoms with van der Waals surface area (Å²) in [7, 11) is 1.24. The number of halogens is 5. The molecule has 0 unspecified atom stereocenters. The number of carbonyl (C=O) groups excluding carboxylic acids is 1. The number of aromatic nitrogens is 1. The molecule has 10 heteroatoms. The fourth-order valence-corrected chi connectivity index (χ4v) is 3.26. The molecule has 1 heterocycles. The number of nitrogens with zero attached hydrogens (tertiary/aromatic N) is 2. The van der Waals surface area contributed by atoms with Gasteiger partial charge in [-0.3, -0.25) is 4.99 Å². The molecule has 0 spiro atoms. The lowest BCUT2D eigenvalue weighted by atomic mass is 10.2. The van der Waals surface area contributed by atoms with Crippen LogP contribution in [-0.2, 0) is 16.1 Å². The minimum Gasteiger partial charge on any atom is -0.466 e. The van der Waals surface area contributed by atoms with E-state index in [1.54, 1.807) is 0 Å². The predicted molar refractivity (Wildman–Crippen MR) is 110 cm³/mol. The molecule has 1 aromatic heterocycles. The lowest BCUT2D eigenvalue weighted by Crippen LogP contribution is -2.29. The highest BCUT2D eigenvalue weighted by molar-refractivity contribution is 9.10. The Hall–Kier alpha value is -2.20. The maximum Gasteiger partial charge on any atom is 0.335 e. The van der Waals surface area contributed by atoms with Crippen LogP contribution in [0.3, 0.4) is 0 Å². The van der Waals surface area contributed by atoms with Gasteiger partial charge in [-0.25, -0.2) is 22.9 Å². The monoisotopic (exact) mass is 533 g/mol. The van der Waals surface area contributed by atoms with Crippen LogP contribution in [0.15, 0.2) is 51.2 Å². The predicted octanol–water partition coefficient (Wildman–Crippen LogP) is 4.64. The van der Waals surface area contributed by atoms with E-state index in [2.05, 4.69) is 47.2 Å². The Morgan fingerprint density at radius 3 is 2.55 bits per heavy atom. The van der Waals surface area contributed by atoms with Crippen LogP contribution in [0.2, 0.25) is 0 Å². The van der Waals surface area contributed by atoms with E-state index in [0.29, 0.717) is 21.8 Å². The van der Waals surface area contributed by atoms with E-state index in [0.717, 1.165) is 6.20 Å². The van der Waals surface area contributed by atoms with Crippen molar-refractivity contribution in [2.75, 3.05) is 12.4 Å². The van der Waals surface area contributed by atoms with E-state index in [-0.39, 0.29) is 29.0 Å². The Labute approximate surface area is 182 Å². The minimum absolute atomic E-state index is 0.0311. The fraction of sp³-hybridized carbons (Fsp3) is 0.211. The Morgan fingerprint density at radius 1 is 1.24 bits per heavy atom. The molecular formula is C19H16Br2F3N3O2. The van der Waals surface area contributed by atoms with Crippen LogP contribution in [0.5, 0.6) is 0 Å². The SMILES string of the molecule is COC(=O)/C(C)=C(\CBr)NC(=NCc1ccc(F)cc1Br)c1ncc(F)cc1F. The number of carbonyl (C=O) groups is 1. The third-order valence-electron chi connectivity index (χ3n) is 3.80. The van der Waals surface area contributed by atoms with E-state index in [4.69, 9.17) is 4.74 Å². The number of rotatable bonds is 6. The summed E-state index contributed by atoms with van der Waals surface area (Å²) in [6.45, 7) is 1.56. The van der Waals surface area contributed by atoms with Crippen LogP contribution in [0.1, 0.15) is 18.2 Å². The summed E-state index contributed by atoms with van der Waals surface area (Å²) in [6, 6.07) is 4.75. The van der Waals surface area contributed by atoms with Crippen molar-refractivity contribution in [1.82, 2.24) is 10.3 Å². The van der Waals surface area contributed by atoms with Crippen molar-refractivity contribution >= 4 is 43.7 Å². The summed E-state index contributed by atoms with van der Waals surface area (Å²) in [5.74, 6) is -2.81. The van der Waals surface area contributed by atoms with Crippen molar-refractivity contribution in [1.29, 1.82) is 0 Å². The zero-order valence-electron chi connectivity index (χ0n) is 15.4. The first-order valence-electron chi connectivity index (χ1n) is 8.17. The highest BCUT2D eigenvalue weighted by Crippen LogP contribution is 2.19. The van der Waals surface area contributed by atoms with Crippen LogP contribution >= 0.6 is 31.9 Å². The first-order valence-corrected chi connectivity index (χ1v) is 10.1. The van der Waals surface area contributed by atoms with Gasteiger partial charge >= 0.3 is 5.97 Å². The average Bonchev–Trinajstić information content (AvgIpc) is 2.68. The van der Waals surface area contributed by atoms with Gasteiger partial charge in [0, 0.05) is 21.6 Å². The Bertz CT molecular complexity index is 981. The number of nitrogens with one attached hydrogen (secondary N) is 1. The number of hydrogen-bond donors (Lipinski definition) is 1. The first kappa shape index (κ1) is 23.1. The molecule has 0 aliphatic heterocycles. The van der Waals surface area contributed by atoms with Crippen LogP contribution in [0.4, 0.5) is 13.2 Å². The largest absolute Gasteiger partial charge is 0.466 e. The molecule has 0 saturated heterocycles. The molecule has 154 valence electrons. The first-order chi connectivity index (χ1) is 13.8. The number of methoxy groups -OCH3 is 1. The number of esters is 1. The Balaban J connectivity index is 2.49. The molecule has 1 aromatic carbocycles. The van der Waals surface area contributed by atoms with Crippen LogP contribution in [0, 0.1) is 17.5 Å². The topological polar surface area (TPSA) is 63.6 Å². The van der Waals surface area contributed by atoms with Gasteiger partial charge in [0.25, 0.3) is 0 Å². The molecule has 0 atom stereocenters. The maximum absolute atomic E-state index is 14.3. The van der Waals surface area contributed by atoms with Crippen molar-refractivity contribution in [2.45, 2.75) is 13.5 Å². The highest BCUT2D eigenvalue weighted by Gasteiger charge is 2.17. The number of allylic oxidation sites excluding steroid dienone is 1. The van der Waals surface area contributed by atoms with Gasteiger partial charge in [0.1, 0.15) is 17.3 Å². The second kappa shape index (κ2) is 10.5. The summed E-state index contributed by atoms with van der Waals surface area (Å²) < 4.78 is 46.1. The molecule has 0 aliphatic carbocycles. The number of benzene rings is 1. The van der Waals surface area contributed by atoms with Crippen molar-refractivity contribution in [3.8, 4) is 0 Å². The molecule has 0 fully saturated rings. The molecule has 0 amide bonds. The van der Waals surface area contributed by atoms with E-state index >= 15 is 0 Å². The number of alkyl halides is 1. The zero-order valence-corrected chi connectivity index (χ0v) is 18.6. The molecule has 5 nitrogen and oxygen atoms in total. The highest BCUT2D eigenvalue weighted by atomic mass is 79.9. The summed E-state index contributed by atoms with van der Waals surface area (Å²) in [6.07, 6.45) is 0.855. The second-order valence-corrected chi connectivity index (χ2v) is 7.15. The van der Waals surface area contributed by atoms with E-state index in [1.165, 1.54) is 32.2 Å². The van der Waals surface area contributed by atoms with E-state index in [1.807, 2.05) is 0 Å².